The molecule has 0 saturated carbocycles. The van der Waals surface area contributed by atoms with Gasteiger partial charge in [0.15, 0.2) is 5.75 Å². The first-order valence-corrected chi connectivity index (χ1v) is 22.5. The molecular formula is C39H23N9Na4O14S4. The van der Waals surface area contributed by atoms with E-state index in [4.69, 9.17) is 0 Å². The van der Waals surface area contributed by atoms with Gasteiger partial charge >= 0.3 is 124 Å². The molecule has 0 spiro atoms. The van der Waals surface area contributed by atoms with E-state index in [0.29, 0.717) is 23.1 Å². The third-order valence-corrected chi connectivity index (χ3v) is 12.0. The van der Waals surface area contributed by atoms with Crippen LogP contribution in [-0.4, -0.2) is 51.1 Å². The van der Waals surface area contributed by atoms with Gasteiger partial charge in [-0.2, -0.15) is 23.6 Å². The Balaban J connectivity index is 0.00000266. The number of hydrogen-bond acceptors (Lipinski definition) is 25. The van der Waals surface area contributed by atoms with Crippen LogP contribution in [0.1, 0.15) is 0 Å². The zero-order valence-electron chi connectivity index (χ0n) is 36.5. The Morgan fingerprint density at radius 2 is 1.20 bits per heavy atom. The van der Waals surface area contributed by atoms with Gasteiger partial charge in [-0.1, -0.05) is 60.7 Å². The van der Waals surface area contributed by atoms with Crippen molar-refractivity contribution in [1.82, 2.24) is 15.0 Å². The standard InChI is InChI=1S/C39H27N9O14S4.4Na/c49-36-32-22(17-30(64-62-60-52)33(36)47-46-29-19-24(63-61-59-51)15-21-16-25(65(53,54)55)13-14-27(21)29)18-31(66(56,57)58)34(48-45-28-12-6-8-20-7-4-5-11-26(20)28)35(32)41-38-42-37(43-39(50)44-38)40-23-9-2-1-3-10-23;;;;/h1-19,49,51-52H,(H,53,54,55)(H,56,57,58)(H3,40,41,42,43,44,50);;;;/q;4*+1/p-4. The van der Waals surface area contributed by atoms with E-state index >= 15 is 0 Å². The molecule has 0 amide bonds. The van der Waals surface area contributed by atoms with Crippen LogP contribution in [0, 0.1) is 0 Å². The Bertz CT molecular complexity index is 3480. The Morgan fingerprint density at radius 1 is 0.571 bits per heavy atom. The molecule has 7 aromatic carbocycles. The van der Waals surface area contributed by atoms with E-state index in [1.54, 1.807) is 72.8 Å². The molecule has 0 aliphatic carbocycles. The fourth-order valence-corrected chi connectivity index (χ4v) is 8.58. The first kappa shape index (κ1) is 59.6. The molecule has 8 rings (SSSR count). The second-order valence-corrected chi connectivity index (χ2v) is 17.5. The Kier molecular flexibility index (Phi) is 22.4. The van der Waals surface area contributed by atoms with Crippen molar-refractivity contribution < 1.29 is 184 Å². The quantitative estimate of drug-likeness (QED) is 0.0176. The Labute approximate surface area is 492 Å². The molecule has 0 bridgehead atoms. The minimum atomic E-state index is -5.48. The fourth-order valence-electron chi connectivity index (χ4n) is 6.49. The number of aromatic nitrogens is 3. The maximum Gasteiger partial charge on any atom is 1.00 e. The normalized spacial score (nSPS) is 11.5. The number of aromatic hydroxyl groups is 2. The molecule has 0 saturated heterocycles. The molecule has 0 fully saturated rings. The average Bonchev–Trinajstić information content (AvgIpc) is 3.28. The molecule has 70 heavy (non-hydrogen) atoms. The van der Waals surface area contributed by atoms with E-state index in [9.17, 15) is 46.7 Å². The summed E-state index contributed by atoms with van der Waals surface area (Å²) in [4.78, 5) is 10.3. The van der Waals surface area contributed by atoms with Crippen molar-refractivity contribution in [1.29, 1.82) is 0 Å². The van der Waals surface area contributed by atoms with Crippen LogP contribution in [0.15, 0.2) is 155 Å². The van der Waals surface area contributed by atoms with Gasteiger partial charge < -0.3 is 40.5 Å². The summed E-state index contributed by atoms with van der Waals surface area (Å²) in [6.45, 7) is 0. The van der Waals surface area contributed by atoms with Crippen molar-refractivity contribution in [3.8, 4) is 11.8 Å². The van der Waals surface area contributed by atoms with Crippen molar-refractivity contribution in [2.45, 2.75) is 19.6 Å². The summed E-state index contributed by atoms with van der Waals surface area (Å²) in [5.41, 5.74) is -1.02. The van der Waals surface area contributed by atoms with Crippen LogP contribution in [0.3, 0.4) is 0 Å². The minimum Gasteiger partial charge on any atom is -0.744 e. The fraction of sp³-hybridized carbons (Fsp3) is 0. The second-order valence-electron chi connectivity index (χ2n) is 13.2. The van der Waals surface area contributed by atoms with E-state index in [2.05, 4.69) is 64.8 Å². The van der Waals surface area contributed by atoms with Crippen LogP contribution in [0.2, 0.25) is 0 Å². The number of rotatable bonds is 16. The van der Waals surface area contributed by atoms with Crippen molar-refractivity contribution in [3.63, 3.8) is 0 Å². The molecular weight excluding hydrogens is 1040 g/mol. The molecule has 336 valence electrons. The van der Waals surface area contributed by atoms with E-state index < -0.39 is 64.8 Å². The number of fused-ring (bicyclic) bond motifs is 3. The van der Waals surface area contributed by atoms with Gasteiger partial charge in [-0.15, -0.1) is 20.5 Å². The molecule has 23 nitrogen and oxygen atoms in total. The van der Waals surface area contributed by atoms with Gasteiger partial charge in [0.1, 0.15) is 31.6 Å². The van der Waals surface area contributed by atoms with Crippen molar-refractivity contribution in [2.75, 3.05) is 10.6 Å². The smallest absolute Gasteiger partial charge is 0.744 e. The van der Waals surface area contributed by atoms with E-state index in [-0.39, 0.29) is 179 Å². The Hall–Kier alpha value is -2.99. The molecule has 0 radical (unpaired) electrons. The first-order chi connectivity index (χ1) is 31.7. The van der Waals surface area contributed by atoms with Gasteiger partial charge in [-0.3, -0.25) is 10.1 Å². The summed E-state index contributed by atoms with van der Waals surface area (Å²) < 4.78 is 83.9. The number of phenols is 1. The van der Waals surface area contributed by atoms with Crippen LogP contribution >= 0.6 is 24.1 Å². The van der Waals surface area contributed by atoms with Crippen LogP contribution in [0.4, 0.5) is 46.0 Å². The number of nitrogens with one attached hydrogen (secondary N) is 2. The monoisotopic (exact) mass is 1060 g/mol. The summed E-state index contributed by atoms with van der Waals surface area (Å²) in [7, 11) is -10.4. The van der Waals surface area contributed by atoms with Crippen molar-refractivity contribution in [2.24, 2.45) is 20.5 Å². The number of benzene rings is 7. The maximum absolute atomic E-state index is 13.1. The summed E-state index contributed by atoms with van der Waals surface area (Å²) >= 11 is 0.573. The zero-order chi connectivity index (χ0) is 46.6. The number of hydrogen-bond donors (Lipinski definition) is 4. The molecule has 0 unspecified atom stereocenters. The molecule has 8 aromatic rings. The SMILES string of the molecule is O=S(=O)([O-])c1ccc2c(N=Nc3c(SOO[O-])cc4cc(S(=O)(=O)[O-])c(N=Nc5cccc6ccccc56)c(Nc5nc(O)nc(Nc6ccccc6)n5)c4c3O)cc(SOO[O-])cc2c1.[Na+].[Na+].[Na+].[Na+]. The van der Waals surface area contributed by atoms with Gasteiger partial charge in [0.05, 0.1) is 61.2 Å². The molecule has 4 N–H and O–H groups in total. The predicted molar refractivity (Wildman–Crippen MR) is 228 cm³/mol. The van der Waals surface area contributed by atoms with Gasteiger partial charge in [0.25, 0.3) is 0 Å². The van der Waals surface area contributed by atoms with Crippen LogP contribution in [0.5, 0.6) is 11.8 Å². The number of phenolic OH excluding ortho intramolecular Hbond substituents is 1. The number of azo groups is 2. The van der Waals surface area contributed by atoms with Crippen molar-refractivity contribution >= 4 is 123 Å². The zero-order valence-corrected chi connectivity index (χ0v) is 47.8. The number of anilines is 4. The number of nitrogens with zero attached hydrogens (tertiary/aromatic N) is 7. The van der Waals surface area contributed by atoms with E-state index in [1.165, 1.54) is 18.2 Å². The number of para-hydroxylation sites is 1. The summed E-state index contributed by atoms with van der Waals surface area (Å²) in [5.74, 6) is -1.53. The first-order valence-electron chi connectivity index (χ1n) is 18.2. The molecule has 0 aliphatic heterocycles. The third kappa shape index (κ3) is 14.2. The summed E-state index contributed by atoms with van der Waals surface area (Å²) in [6.07, 6.45) is 0. The topological polar surface area (TPSA) is 350 Å². The molecule has 1 heterocycles. The van der Waals surface area contributed by atoms with Gasteiger partial charge in [-0.25, -0.2) is 16.8 Å². The van der Waals surface area contributed by atoms with Gasteiger partial charge in [0, 0.05) is 21.4 Å². The summed E-state index contributed by atoms with van der Waals surface area (Å²) in [6, 6.07) is 27.7. The largest absolute Gasteiger partial charge is 1.00 e. The minimum absolute atomic E-state index is 0. The summed E-state index contributed by atoms with van der Waals surface area (Å²) in [5, 5.41) is 75.3. The Morgan fingerprint density at radius 3 is 1.90 bits per heavy atom. The molecule has 1 aromatic heterocycles. The van der Waals surface area contributed by atoms with Crippen molar-refractivity contribution in [3.05, 3.63) is 115 Å². The van der Waals surface area contributed by atoms with Crippen LogP contribution in [-0.2, 0) is 39.0 Å². The van der Waals surface area contributed by atoms with E-state index in [0.717, 1.165) is 29.7 Å². The van der Waals surface area contributed by atoms with E-state index in [1.807, 2.05) is 0 Å². The maximum atomic E-state index is 13.1. The third-order valence-electron chi connectivity index (χ3n) is 9.19. The van der Waals surface area contributed by atoms with Crippen LogP contribution < -0.4 is 139 Å². The average molecular weight is 1060 g/mol. The second kappa shape index (κ2) is 26.3. The van der Waals surface area contributed by atoms with Gasteiger partial charge in [0.2, 0.25) is 11.9 Å². The van der Waals surface area contributed by atoms with Gasteiger partial charge in [-0.05, 0) is 70.8 Å². The molecule has 31 heteroatoms. The predicted octanol–water partition coefficient (Wildman–Crippen LogP) is -4.65. The van der Waals surface area contributed by atoms with Crippen LogP contribution in [0.25, 0.3) is 32.3 Å². The molecule has 0 atom stereocenters. The molecule has 0 aliphatic rings.